The van der Waals surface area contributed by atoms with E-state index in [0.29, 0.717) is 23.8 Å². The predicted octanol–water partition coefficient (Wildman–Crippen LogP) is 3.49. The van der Waals surface area contributed by atoms with Gasteiger partial charge in [0.15, 0.2) is 0 Å². The number of ether oxygens (including phenoxy) is 1. The lowest BCUT2D eigenvalue weighted by Crippen LogP contribution is -2.40. The molecule has 7 nitrogen and oxygen atoms in total. The molecule has 1 aliphatic heterocycles. The van der Waals surface area contributed by atoms with E-state index < -0.39 is 6.10 Å². The van der Waals surface area contributed by atoms with Crippen LogP contribution in [-0.2, 0) is 16.6 Å². The molecule has 1 atom stereocenters. The van der Waals surface area contributed by atoms with E-state index in [0.717, 1.165) is 42.5 Å². The fourth-order valence-electron chi connectivity index (χ4n) is 4.04. The van der Waals surface area contributed by atoms with Gasteiger partial charge in [-0.15, -0.1) is 0 Å². The maximum absolute atomic E-state index is 12.8. The number of amides is 2. The number of carbonyl (C=O) groups is 2. The second kappa shape index (κ2) is 7.44. The molecule has 0 unspecified atom stereocenters. The van der Waals surface area contributed by atoms with Crippen LogP contribution in [0, 0.1) is 0 Å². The fraction of sp³-hybridized carbons (Fsp3) is 0.591. The fourth-order valence-corrected chi connectivity index (χ4v) is 4.04. The number of aromatic nitrogens is 2. The molecule has 2 fully saturated rings. The van der Waals surface area contributed by atoms with Crippen molar-refractivity contribution in [2.75, 3.05) is 11.9 Å². The van der Waals surface area contributed by atoms with Crippen molar-refractivity contribution in [1.82, 2.24) is 14.9 Å². The predicted molar refractivity (Wildman–Crippen MR) is 112 cm³/mol. The van der Waals surface area contributed by atoms with Gasteiger partial charge in [0.2, 0.25) is 0 Å². The van der Waals surface area contributed by atoms with Crippen molar-refractivity contribution in [3.05, 3.63) is 23.5 Å². The average Bonchev–Trinajstić information content (AvgIpc) is 3.21. The lowest BCUT2D eigenvalue weighted by Gasteiger charge is -2.24. The zero-order chi connectivity index (χ0) is 20.8. The van der Waals surface area contributed by atoms with Crippen LogP contribution in [0.3, 0.4) is 0 Å². The van der Waals surface area contributed by atoms with Gasteiger partial charge < -0.3 is 19.9 Å². The van der Waals surface area contributed by atoms with Gasteiger partial charge in [0, 0.05) is 30.7 Å². The van der Waals surface area contributed by atoms with Gasteiger partial charge >= 0.3 is 0 Å². The number of fused-ring (bicyclic) bond motifs is 1. The molecule has 2 amide bonds. The Bertz CT molecular complexity index is 947. The quantitative estimate of drug-likeness (QED) is 0.826. The first-order valence-corrected chi connectivity index (χ1v) is 10.5. The summed E-state index contributed by atoms with van der Waals surface area (Å²) in [5.41, 5.74) is 2.34. The Balaban J connectivity index is 1.75. The Morgan fingerprint density at radius 1 is 1.17 bits per heavy atom. The minimum Gasteiger partial charge on any atom is -0.368 e. The molecule has 1 aromatic carbocycles. The second-order valence-corrected chi connectivity index (χ2v) is 9.24. The van der Waals surface area contributed by atoms with Crippen LogP contribution in [0.4, 0.5) is 5.69 Å². The van der Waals surface area contributed by atoms with Crippen molar-refractivity contribution in [1.29, 1.82) is 0 Å². The molecule has 2 aliphatic rings. The molecular formula is C22H30N4O3. The molecule has 2 aromatic rings. The summed E-state index contributed by atoms with van der Waals surface area (Å²) in [6, 6.07) is 3.57. The molecule has 0 radical (unpaired) electrons. The normalized spacial score (nSPS) is 19.9. The second-order valence-electron chi connectivity index (χ2n) is 9.24. The number of carbonyl (C=O) groups excluding carboxylic acids is 2. The molecular weight excluding hydrogens is 368 g/mol. The molecule has 1 aliphatic carbocycles. The van der Waals surface area contributed by atoms with E-state index in [1.807, 2.05) is 33.9 Å². The van der Waals surface area contributed by atoms with E-state index >= 15 is 0 Å². The molecule has 0 spiro atoms. The third-order valence-corrected chi connectivity index (χ3v) is 5.70. The van der Waals surface area contributed by atoms with Crippen LogP contribution in [-0.4, -0.2) is 39.6 Å². The minimum absolute atomic E-state index is 0.163. The van der Waals surface area contributed by atoms with Crippen molar-refractivity contribution in [2.45, 2.75) is 70.4 Å². The van der Waals surface area contributed by atoms with Crippen LogP contribution >= 0.6 is 0 Å². The summed E-state index contributed by atoms with van der Waals surface area (Å²) in [5, 5.41) is 6.00. The van der Waals surface area contributed by atoms with Gasteiger partial charge in [-0.2, -0.15) is 0 Å². The SMILES string of the molecule is Cn1c(C2CCC2)nc2cc(C(=O)NC(C)(C)C)cc(NC(=O)[C@@H]3CCCO3)c21. The van der Waals surface area contributed by atoms with Crippen LogP contribution in [0.5, 0.6) is 0 Å². The van der Waals surface area contributed by atoms with Crippen LogP contribution in [0.25, 0.3) is 11.0 Å². The Hall–Kier alpha value is -2.41. The molecule has 2 N–H and O–H groups in total. The van der Waals surface area contributed by atoms with Gasteiger partial charge in [-0.25, -0.2) is 4.98 Å². The largest absolute Gasteiger partial charge is 0.368 e. The molecule has 156 valence electrons. The van der Waals surface area contributed by atoms with Crippen molar-refractivity contribution >= 4 is 28.5 Å². The molecule has 1 saturated carbocycles. The van der Waals surface area contributed by atoms with Crippen molar-refractivity contribution in [2.24, 2.45) is 7.05 Å². The van der Waals surface area contributed by atoms with Gasteiger partial charge in [-0.3, -0.25) is 9.59 Å². The number of benzene rings is 1. The van der Waals surface area contributed by atoms with Crippen LogP contribution in [0.2, 0.25) is 0 Å². The zero-order valence-electron chi connectivity index (χ0n) is 17.7. The van der Waals surface area contributed by atoms with E-state index in [4.69, 9.17) is 9.72 Å². The summed E-state index contributed by atoms with van der Waals surface area (Å²) in [4.78, 5) is 30.4. The standard InChI is InChI=1S/C22H30N4O3/c1-22(2,3)25-20(27)14-11-15-18(26(4)19(23-15)13-7-5-8-13)16(12-14)24-21(28)17-9-6-10-29-17/h11-13,17H,5-10H2,1-4H3,(H,24,28)(H,25,27)/t17-/m0/s1. The van der Waals surface area contributed by atoms with E-state index in [1.54, 1.807) is 6.07 Å². The number of hydrogen-bond donors (Lipinski definition) is 2. The third-order valence-electron chi connectivity index (χ3n) is 5.70. The van der Waals surface area contributed by atoms with Gasteiger partial charge in [0.25, 0.3) is 11.8 Å². The van der Waals surface area contributed by atoms with Crippen molar-refractivity contribution < 1.29 is 14.3 Å². The summed E-state index contributed by atoms with van der Waals surface area (Å²) in [6.07, 6.45) is 4.65. The molecule has 2 heterocycles. The number of hydrogen-bond acceptors (Lipinski definition) is 4. The van der Waals surface area contributed by atoms with E-state index in [2.05, 4.69) is 15.2 Å². The van der Waals surface area contributed by atoms with Crippen LogP contribution in [0.15, 0.2) is 12.1 Å². The highest BCUT2D eigenvalue weighted by Gasteiger charge is 2.28. The molecule has 0 bridgehead atoms. The van der Waals surface area contributed by atoms with Crippen LogP contribution < -0.4 is 10.6 Å². The van der Waals surface area contributed by atoms with Gasteiger partial charge in [-0.05, 0) is 58.6 Å². The lowest BCUT2D eigenvalue weighted by atomic mass is 9.85. The highest BCUT2D eigenvalue weighted by molar-refractivity contribution is 6.06. The third kappa shape index (κ3) is 4.01. The molecule has 1 aromatic heterocycles. The van der Waals surface area contributed by atoms with Gasteiger partial charge in [0.05, 0.1) is 16.7 Å². The number of nitrogens with zero attached hydrogens (tertiary/aromatic N) is 2. The Morgan fingerprint density at radius 3 is 2.52 bits per heavy atom. The number of nitrogens with one attached hydrogen (secondary N) is 2. The molecule has 4 rings (SSSR count). The Labute approximate surface area is 171 Å². The number of rotatable bonds is 4. The summed E-state index contributed by atoms with van der Waals surface area (Å²) in [5.74, 6) is 1.12. The molecule has 29 heavy (non-hydrogen) atoms. The average molecular weight is 399 g/mol. The maximum atomic E-state index is 12.8. The first kappa shape index (κ1) is 19.9. The topological polar surface area (TPSA) is 85.3 Å². The molecule has 7 heteroatoms. The highest BCUT2D eigenvalue weighted by atomic mass is 16.5. The minimum atomic E-state index is -0.434. The monoisotopic (exact) mass is 398 g/mol. The highest BCUT2D eigenvalue weighted by Crippen LogP contribution is 2.38. The summed E-state index contributed by atoms with van der Waals surface area (Å²) in [7, 11) is 1.99. The number of imidazole rings is 1. The van der Waals surface area contributed by atoms with E-state index in [1.165, 1.54) is 6.42 Å². The van der Waals surface area contributed by atoms with Crippen molar-refractivity contribution in [3.63, 3.8) is 0 Å². The first-order chi connectivity index (χ1) is 13.7. The Kier molecular flexibility index (Phi) is 5.11. The summed E-state index contributed by atoms with van der Waals surface area (Å²) < 4.78 is 7.59. The van der Waals surface area contributed by atoms with Gasteiger partial charge in [0.1, 0.15) is 11.9 Å². The first-order valence-electron chi connectivity index (χ1n) is 10.5. The molecule has 1 saturated heterocycles. The van der Waals surface area contributed by atoms with E-state index in [9.17, 15) is 9.59 Å². The number of anilines is 1. The summed E-state index contributed by atoms with van der Waals surface area (Å²) >= 11 is 0. The van der Waals surface area contributed by atoms with Gasteiger partial charge in [-0.1, -0.05) is 6.42 Å². The number of aryl methyl sites for hydroxylation is 1. The van der Waals surface area contributed by atoms with E-state index in [-0.39, 0.29) is 17.4 Å². The van der Waals surface area contributed by atoms with Crippen LogP contribution in [0.1, 0.15) is 75.0 Å². The lowest BCUT2D eigenvalue weighted by molar-refractivity contribution is -0.124. The Morgan fingerprint density at radius 2 is 1.93 bits per heavy atom. The maximum Gasteiger partial charge on any atom is 0.253 e. The van der Waals surface area contributed by atoms with Crippen molar-refractivity contribution in [3.8, 4) is 0 Å². The summed E-state index contributed by atoms with van der Waals surface area (Å²) in [6.45, 7) is 6.44. The zero-order valence-corrected chi connectivity index (χ0v) is 17.7. The smallest absolute Gasteiger partial charge is 0.253 e.